The van der Waals surface area contributed by atoms with Crippen LogP contribution in [0.3, 0.4) is 0 Å². The molecule has 1 aliphatic rings. The molecule has 1 aliphatic carbocycles. The smallest absolute Gasteiger partial charge is 0.246 e. The van der Waals surface area contributed by atoms with Crippen molar-refractivity contribution in [3.63, 3.8) is 0 Å². The van der Waals surface area contributed by atoms with Gasteiger partial charge in [0.2, 0.25) is 17.7 Å². The van der Waals surface area contributed by atoms with Crippen molar-refractivity contribution in [3.8, 4) is 0 Å². The quantitative estimate of drug-likeness (QED) is 0.282. The zero-order valence-corrected chi connectivity index (χ0v) is 23.9. The summed E-state index contributed by atoms with van der Waals surface area (Å²) in [7, 11) is 0. The molecule has 0 aliphatic heterocycles. The highest BCUT2D eigenvalue weighted by atomic mass is 35.5. The normalized spacial score (nSPS) is 17.2. The number of aromatic nitrogens is 2. The topological polar surface area (TPSA) is 119 Å². The Hall–Kier alpha value is -4.17. The summed E-state index contributed by atoms with van der Waals surface area (Å²) in [5.74, 6) is -1.51. The van der Waals surface area contributed by atoms with Crippen molar-refractivity contribution in [2.75, 3.05) is 0 Å². The third kappa shape index (κ3) is 5.98. The number of primary amides is 1. The van der Waals surface area contributed by atoms with Crippen LogP contribution >= 0.6 is 11.6 Å². The van der Waals surface area contributed by atoms with Crippen LogP contribution in [0.5, 0.6) is 0 Å². The van der Waals surface area contributed by atoms with Gasteiger partial charge in [0, 0.05) is 47.0 Å². The fourth-order valence-corrected chi connectivity index (χ4v) is 5.91. The number of pyridine rings is 1. The number of para-hydroxylation sites is 1. The van der Waals surface area contributed by atoms with E-state index >= 15 is 0 Å². The monoisotopic (exact) mass is 571 g/mol. The molecule has 9 heteroatoms. The van der Waals surface area contributed by atoms with Gasteiger partial charge < -0.3 is 20.9 Å². The van der Waals surface area contributed by atoms with Gasteiger partial charge in [0.25, 0.3) is 0 Å². The Labute approximate surface area is 244 Å². The lowest BCUT2D eigenvalue weighted by atomic mass is 9.78. The maximum atomic E-state index is 14.1. The second-order valence-corrected chi connectivity index (χ2v) is 11.5. The number of carbonyl (C=O) groups is 3. The predicted molar refractivity (Wildman–Crippen MR) is 159 cm³/mol. The van der Waals surface area contributed by atoms with Crippen LogP contribution in [0.4, 0.5) is 0 Å². The fourth-order valence-electron chi connectivity index (χ4n) is 5.79. The molecule has 0 saturated carbocycles. The van der Waals surface area contributed by atoms with Crippen molar-refractivity contribution in [2.24, 2.45) is 11.7 Å². The van der Waals surface area contributed by atoms with Crippen molar-refractivity contribution in [1.82, 2.24) is 20.2 Å². The first-order chi connectivity index (χ1) is 19.7. The number of fused-ring (bicyclic) bond motifs is 3. The molecule has 0 unspecified atom stereocenters. The third-order valence-corrected chi connectivity index (χ3v) is 8.15. The van der Waals surface area contributed by atoms with Gasteiger partial charge in [-0.25, -0.2) is 0 Å². The largest absolute Gasteiger partial charge is 0.368 e. The lowest BCUT2D eigenvalue weighted by molar-refractivity contribution is -0.136. The van der Waals surface area contributed by atoms with Crippen LogP contribution < -0.4 is 16.4 Å². The molecular formula is C32H34ClN5O3. The van der Waals surface area contributed by atoms with Crippen molar-refractivity contribution in [2.45, 2.75) is 57.7 Å². The standard InChI is InChI=1S/C32H34ClN5O3/c1-20(2)29(30(34)40)36-31(41)32(37-28(39)17-21-7-9-23(33)10-8-21)14-11-27-25(18-32)24-5-3-4-6-26(24)38(27)19-22-12-15-35-16-13-22/h3-10,12-13,15-16,20,29H,11,14,17-19H2,1-2H3,(H2,34,40)(H,36,41)(H,37,39)/t29-,32+/m0/s1. The number of nitrogens with zero attached hydrogens (tertiary/aromatic N) is 2. The first-order valence-corrected chi connectivity index (χ1v) is 14.2. The highest BCUT2D eigenvalue weighted by Crippen LogP contribution is 2.37. The maximum Gasteiger partial charge on any atom is 0.246 e. The molecule has 4 aromatic rings. The second kappa shape index (κ2) is 11.7. The number of halogens is 1. The highest BCUT2D eigenvalue weighted by Gasteiger charge is 2.45. The van der Waals surface area contributed by atoms with Gasteiger partial charge in [0.05, 0.1) is 6.42 Å². The maximum absolute atomic E-state index is 14.1. The molecule has 2 heterocycles. The molecule has 5 rings (SSSR count). The van der Waals surface area contributed by atoms with Gasteiger partial charge in [-0.3, -0.25) is 19.4 Å². The zero-order valence-electron chi connectivity index (χ0n) is 23.2. The average Bonchev–Trinajstić information content (AvgIpc) is 3.25. The lowest BCUT2D eigenvalue weighted by Gasteiger charge is -2.38. The van der Waals surface area contributed by atoms with Crippen LogP contribution in [0.15, 0.2) is 73.1 Å². The second-order valence-electron chi connectivity index (χ2n) is 11.1. The van der Waals surface area contributed by atoms with Crippen LogP contribution in [0.2, 0.25) is 5.02 Å². The molecule has 8 nitrogen and oxygen atoms in total. The summed E-state index contributed by atoms with van der Waals surface area (Å²) in [5, 5.41) is 7.58. The summed E-state index contributed by atoms with van der Waals surface area (Å²) >= 11 is 6.02. The van der Waals surface area contributed by atoms with Gasteiger partial charge in [-0.15, -0.1) is 0 Å². The molecule has 2 aromatic heterocycles. The van der Waals surface area contributed by atoms with E-state index < -0.39 is 23.4 Å². The number of nitrogens with one attached hydrogen (secondary N) is 2. The Morgan fingerprint density at radius 2 is 1.73 bits per heavy atom. The van der Waals surface area contributed by atoms with E-state index in [0.29, 0.717) is 24.4 Å². The zero-order chi connectivity index (χ0) is 29.1. The molecular weight excluding hydrogens is 538 g/mol. The summed E-state index contributed by atoms with van der Waals surface area (Å²) in [5.41, 5.74) is 9.50. The van der Waals surface area contributed by atoms with E-state index in [-0.39, 0.29) is 24.7 Å². The van der Waals surface area contributed by atoms with Crippen LogP contribution in [-0.2, 0) is 40.2 Å². The summed E-state index contributed by atoms with van der Waals surface area (Å²) in [6.07, 6.45) is 4.87. The number of carbonyl (C=O) groups excluding carboxylic acids is 3. The van der Waals surface area contributed by atoms with Crippen molar-refractivity contribution < 1.29 is 14.4 Å². The molecule has 2 atom stereocenters. The SMILES string of the molecule is CC(C)[C@H](NC(=O)[C@@]1(NC(=O)Cc2ccc(Cl)cc2)CCc2c(c3ccccc3n2Cc2ccncc2)C1)C(N)=O. The molecule has 212 valence electrons. The molecule has 0 spiro atoms. The van der Waals surface area contributed by atoms with E-state index in [4.69, 9.17) is 17.3 Å². The molecule has 2 aromatic carbocycles. The molecule has 0 saturated heterocycles. The average molecular weight is 572 g/mol. The van der Waals surface area contributed by atoms with E-state index in [2.05, 4.69) is 32.3 Å². The van der Waals surface area contributed by atoms with Gasteiger partial charge in [0.15, 0.2) is 0 Å². The first-order valence-electron chi connectivity index (χ1n) is 13.8. The Morgan fingerprint density at radius 3 is 2.41 bits per heavy atom. The number of hydrogen-bond acceptors (Lipinski definition) is 4. The van der Waals surface area contributed by atoms with E-state index in [0.717, 1.165) is 33.3 Å². The van der Waals surface area contributed by atoms with Gasteiger partial charge in [0.1, 0.15) is 11.6 Å². The van der Waals surface area contributed by atoms with Crippen molar-refractivity contribution in [3.05, 3.63) is 100 Å². The molecule has 41 heavy (non-hydrogen) atoms. The highest BCUT2D eigenvalue weighted by molar-refractivity contribution is 6.30. The lowest BCUT2D eigenvalue weighted by Crippen LogP contribution is -2.64. The van der Waals surface area contributed by atoms with Gasteiger partial charge >= 0.3 is 0 Å². The Morgan fingerprint density at radius 1 is 1.02 bits per heavy atom. The minimum absolute atomic E-state index is 0.0896. The summed E-state index contributed by atoms with van der Waals surface area (Å²) in [6, 6.07) is 18.3. The van der Waals surface area contributed by atoms with Crippen molar-refractivity contribution in [1.29, 1.82) is 0 Å². The van der Waals surface area contributed by atoms with E-state index in [1.54, 1.807) is 36.7 Å². The van der Waals surface area contributed by atoms with Crippen LogP contribution in [0.1, 0.15) is 42.7 Å². The van der Waals surface area contributed by atoms with Gasteiger partial charge in [-0.1, -0.05) is 55.8 Å². The molecule has 0 bridgehead atoms. The molecule has 0 radical (unpaired) electrons. The number of benzene rings is 2. The fraction of sp³-hybridized carbons (Fsp3) is 0.312. The first kappa shape index (κ1) is 28.4. The number of nitrogens with two attached hydrogens (primary N) is 1. The number of hydrogen-bond donors (Lipinski definition) is 3. The minimum atomic E-state index is -1.26. The van der Waals surface area contributed by atoms with E-state index in [1.807, 2.05) is 38.1 Å². The van der Waals surface area contributed by atoms with Crippen LogP contribution in [-0.4, -0.2) is 38.9 Å². The minimum Gasteiger partial charge on any atom is -0.368 e. The summed E-state index contributed by atoms with van der Waals surface area (Å²) in [4.78, 5) is 43.8. The summed E-state index contributed by atoms with van der Waals surface area (Å²) in [6.45, 7) is 4.32. The predicted octanol–water partition coefficient (Wildman–Crippen LogP) is 3.95. The Kier molecular flexibility index (Phi) is 8.13. The van der Waals surface area contributed by atoms with Crippen molar-refractivity contribution >= 4 is 40.2 Å². The van der Waals surface area contributed by atoms with Crippen LogP contribution in [0.25, 0.3) is 10.9 Å². The van der Waals surface area contributed by atoms with Gasteiger partial charge in [-0.2, -0.15) is 0 Å². The number of rotatable bonds is 9. The number of amides is 3. The Balaban J connectivity index is 1.53. The molecule has 3 amide bonds. The van der Waals surface area contributed by atoms with E-state index in [9.17, 15) is 14.4 Å². The van der Waals surface area contributed by atoms with E-state index in [1.165, 1.54) is 0 Å². The summed E-state index contributed by atoms with van der Waals surface area (Å²) < 4.78 is 2.29. The molecule has 4 N–H and O–H groups in total. The van der Waals surface area contributed by atoms with Gasteiger partial charge in [-0.05, 0) is 65.8 Å². The Bertz CT molecular complexity index is 1580. The third-order valence-electron chi connectivity index (χ3n) is 7.90. The van der Waals surface area contributed by atoms with Crippen LogP contribution in [0, 0.1) is 5.92 Å². The molecule has 0 fully saturated rings.